The van der Waals surface area contributed by atoms with Crippen LogP contribution in [0.25, 0.3) is 6.08 Å². The van der Waals surface area contributed by atoms with Gasteiger partial charge in [-0.15, -0.1) is 0 Å². The number of hydrogen-bond donors (Lipinski definition) is 0. The molecule has 0 amide bonds. The topological polar surface area (TPSA) is 25.2 Å². The van der Waals surface area contributed by atoms with Gasteiger partial charge in [-0.1, -0.05) is 26.0 Å². The third-order valence-corrected chi connectivity index (χ3v) is 2.06. The number of fused-ring (bicyclic) bond motifs is 1. The van der Waals surface area contributed by atoms with Crippen molar-refractivity contribution < 1.29 is 0 Å². The van der Waals surface area contributed by atoms with Crippen LogP contribution in [0, 0.1) is 5.41 Å². The van der Waals surface area contributed by atoms with Crippen LogP contribution < -0.4 is 0 Å². The van der Waals surface area contributed by atoms with Gasteiger partial charge in [-0.3, -0.25) is 9.98 Å². The molecule has 0 saturated heterocycles. The Labute approximate surface area is 78.0 Å². The van der Waals surface area contributed by atoms with Crippen LogP contribution >= 0.6 is 0 Å². The smallest absolute Gasteiger partial charge is 0.0881 e. The number of pyridine rings is 1. The average molecular weight is 172 g/mol. The van der Waals surface area contributed by atoms with Crippen LogP contribution in [-0.2, 0) is 0 Å². The standard InChI is InChI=1S/C11H12N2/c1-11(2)5-3-9-4-6-12-7-10(9)13-8-11/h3-8H,1-2H3. The summed E-state index contributed by atoms with van der Waals surface area (Å²) in [6.07, 6.45) is 9.79. The SMILES string of the molecule is CC1(C)C=Cc2ccncc2N=C1. The number of nitrogens with zero attached hydrogens (tertiary/aromatic N) is 2. The molecule has 2 rings (SSSR count). The van der Waals surface area contributed by atoms with Gasteiger partial charge in [-0.25, -0.2) is 0 Å². The molecule has 0 unspecified atom stereocenters. The lowest BCUT2D eigenvalue weighted by Gasteiger charge is -2.10. The quantitative estimate of drug-likeness (QED) is 0.590. The highest BCUT2D eigenvalue weighted by atomic mass is 14.8. The van der Waals surface area contributed by atoms with Crippen molar-refractivity contribution in [2.45, 2.75) is 13.8 Å². The van der Waals surface area contributed by atoms with Gasteiger partial charge in [0.2, 0.25) is 0 Å². The molecule has 0 bridgehead atoms. The van der Waals surface area contributed by atoms with E-state index in [2.05, 4.69) is 36.0 Å². The molecule has 2 heteroatoms. The molecule has 0 N–H and O–H groups in total. The van der Waals surface area contributed by atoms with Crippen molar-refractivity contribution in [1.82, 2.24) is 4.98 Å². The van der Waals surface area contributed by atoms with Gasteiger partial charge >= 0.3 is 0 Å². The normalized spacial score (nSPS) is 18.0. The van der Waals surface area contributed by atoms with E-state index in [-0.39, 0.29) is 5.41 Å². The van der Waals surface area contributed by atoms with Crippen LogP contribution in [0.4, 0.5) is 5.69 Å². The summed E-state index contributed by atoms with van der Waals surface area (Å²) in [7, 11) is 0. The first-order chi connectivity index (χ1) is 6.17. The predicted octanol–water partition coefficient (Wildman–Crippen LogP) is 2.84. The lowest BCUT2D eigenvalue weighted by atomic mass is 9.95. The van der Waals surface area contributed by atoms with Gasteiger partial charge in [-0.05, 0) is 6.07 Å². The van der Waals surface area contributed by atoms with Gasteiger partial charge < -0.3 is 0 Å². The molecule has 0 aliphatic carbocycles. The lowest BCUT2D eigenvalue weighted by molar-refractivity contribution is 0.699. The minimum atomic E-state index is 0.0407. The maximum absolute atomic E-state index is 4.39. The van der Waals surface area contributed by atoms with E-state index in [1.807, 2.05) is 12.3 Å². The summed E-state index contributed by atoms with van der Waals surface area (Å²) in [5.74, 6) is 0. The minimum Gasteiger partial charge on any atom is -0.262 e. The van der Waals surface area contributed by atoms with Gasteiger partial charge in [0.1, 0.15) is 0 Å². The van der Waals surface area contributed by atoms with Crippen molar-refractivity contribution in [2.24, 2.45) is 10.4 Å². The molecule has 1 aromatic heterocycles. The molecule has 0 aromatic carbocycles. The van der Waals surface area contributed by atoms with Gasteiger partial charge in [-0.2, -0.15) is 0 Å². The summed E-state index contributed by atoms with van der Waals surface area (Å²) in [4.78, 5) is 8.43. The molecule has 2 nitrogen and oxygen atoms in total. The summed E-state index contributed by atoms with van der Waals surface area (Å²) < 4.78 is 0. The van der Waals surface area contributed by atoms with Crippen molar-refractivity contribution in [3.63, 3.8) is 0 Å². The average Bonchev–Trinajstić information content (AvgIpc) is 2.27. The monoisotopic (exact) mass is 172 g/mol. The van der Waals surface area contributed by atoms with Crippen LogP contribution in [0.1, 0.15) is 19.4 Å². The number of aliphatic imine (C=N–C) groups is 1. The fourth-order valence-electron chi connectivity index (χ4n) is 1.23. The molecular weight excluding hydrogens is 160 g/mol. The summed E-state index contributed by atoms with van der Waals surface area (Å²) >= 11 is 0. The number of rotatable bonds is 0. The summed E-state index contributed by atoms with van der Waals surface area (Å²) in [5, 5.41) is 0. The highest BCUT2D eigenvalue weighted by Gasteiger charge is 2.13. The molecule has 0 spiro atoms. The van der Waals surface area contributed by atoms with E-state index in [1.165, 1.54) is 0 Å². The fourth-order valence-corrected chi connectivity index (χ4v) is 1.23. The van der Waals surface area contributed by atoms with Gasteiger partial charge in [0.05, 0.1) is 11.9 Å². The van der Waals surface area contributed by atoms with Crippen molar-refractivity contribution in [3.8, 4) is 0 Å². The second kappa shape index (κ2) is 2.80. The van der Waals surface area contributed by atoms with E-state index in [4.69, 9.17) is 0 Å². The van der Waals surface area contributed by atoms with Gasteiger partial charge in [0, 0.05) is 23.4 Å². The van der Waals surface area contributed by atoms with E-state index in [9.17, 15) is 0 Å². The minimum absolute atomic E-state index is 0.0407. The van der Waals surface area contributed by atoms with E-state index >= 15 is 0 Å². The zero-order valence-corrected chi connectivity index (χ0v) is 7.86. The Morgan fingerprint density at radius 3 is 3.00 bits per heavy atom. The summed E-state index contributed by atoms with van der Waals surface area (Å²) in [6.45, 7) is 4.26. The van der Waals surface area contributed by atoms with Crippen LogP contribution in [0.3, 0.4) is 0 Å². The zero-order valence-electron chi connectivity index (χ0n) is 7.86. The van der Waals surface area contributed by atoms with Crippen molar-refractivity contribution in [2.75, 3.05) is 0 Å². The molecule has 0 saturated carbocycles. The molecule has 2 heterocycles. The van der Waals surface area contributed by atoms with Crippen LogP contribution in [0.15, 0.2) is 29.5 Å². The Balaban J connectivity index is 2.53. The fraction of sp³-hybridized carbons (Fsp3) is 0.273. The molecule has 1 aromatic rings. The highest BCUT2D eigenvalue weighted by Crippen LogP contribution is 2.26. The first kappa shape index (κ1) is 8.17. The number of aromatic nitrogens is 1. The molecule has 0 fully saturated rings. The maximum Gasteiger partial charge on any atom is 0.0881 e. The third kappa shape index (κ3) is 1.66. The van der Waals surface area contributed by atoms with E-state index in [1.54, 1.807) is 12.4 Å². The van der Waals surface area contributed by atoms with E-state index in [0.29, 0.717) is 0 Å². The van der Waals surface area contributed by atoms with Crippen molar-refractivity contribution >= 4 is 18.0 Å². The Kier molecular flexibility index (Phi) is 1.76. The molecule has 13 heavy (non-hydrogen) atoms. The molecule has 0 atom stereocenters. The summed E-state index contributed by atoms with van der Waals surface area (Å²) in [6, 6.07) is 1.98. The van der Waals surface area contributed by atoms with Crippen molar-refractivity contribution in [1.29, 1.82) is 0 Å². The van der Waals surface area contributed by atoms with Crippen LogP contribution in [0.2, 0.25) is 0 Å². The maximum atomic E-state index is 4.39. The summed E-state index contributed by atoms with van der Waals surface area (Å²) in [5.41, 5.74) is 2.13. The predicted molar refractivity (Wildman–Crippen MR) is 55.2 cm³/mol. The van der Waals surface area contributed by atoms with Crippen molar-refractivity contribution in [3.05, 3.63) is 30.1 Å². The second-order valence-corrected chi connectivity index (χ2v) is 3.85. The first-order valence-electron chi connectivity index (χ1n) is 4.36. The molecule has 1 aliphatic heterocycles. The van der Waals surface area contributed by atoms with E-state index in [0.717, 1.165) is 11.3 Å². The molecule has 0 radical (unpaired) electrons. The molecule has 66 valence electrons. The van der Waals surface area contributed by atoms with Gasteiger partial charge in [0.15, 0.2) is 0 Å². The Morgan fingerprint density at radius 1 is 1.31 bits per heavy atom. The van der Waals surface area contributed by atoms with Crippen LogP contribution in [-0.4, -0.2) is 11.2 Å². The Morgan fingerprint density at radius 2 is 2.15 bits per heavy atom. The first-order valence-corrected chi connectivity index (χ1v) is 4.36. The number of hydrogen-bond acceptors (Lipinski definition) is 2. The molecular formula is C11H12N2. The van der Waals surface area contributed by atoms with E-state index < -0.39 is 0 Å². The molecule has 1 aliphatic rings. The third-order valence-electron chi connectivity index (χ3n) is 2.06. The van der Waals surface area contributed by atoms with Crippen LogP contribution in [0.5, 0.6) is 0 Å². The highest BCUT2D eigenvalue weighted by molar-refractivity contribution is 5.79. The Hall–Kier alpha value is -1.44. The zero-order chi connectivity index (χ0) is 9.31. The van der Waals surface area contributed by atoms with Gasteiger partial charge in [0.25, 0.3) is 0 Å². The Bertz CT molecular complexity index is 340. The lowest BCUT2D eigenvalue weighted by Crippen LogP contribution is -2.07. The second-order valence-electron chi connectivity index (χ2n) is 3.85. The number of allylic oxidation sites excluding steroid dienone is 1. The largest absolute Gasteiger partial charge is 0.262 e.